The molecule has 0 saturated heterocycles. The fourth-order valence-corrected chi connectivity index (χ4v) is 2.82. The number of likely N-dealkylation sites (N-methyl/N-ethyl adjacent to an activating group) is 1. The largest absolute Gasteiger partial charge is 0.497 e. The van der Waals surface area contributed by atoms with Crippen LogP contribution in [0.4, 0.5) is 0 Å². The van der Waals surface area contributed by atoms with Crippen molar-refractivity contribution in [3.8, 4) is 5.75 Å². The molecule has 0 unspecified atom stereocenters. The molecule has 2 aromatic rings. The van der Waals surface area contributed by atoms with E-state index in [-0.39, 0.29) is 6.04 Å². The van der Waals surface area contributed by atoms with Crippen molar-refractivity contribution in [3.63, 3.8) is 0 Å². The van der Waals surface area contributed by atoms with Gasteiger partial charge in [0.15, 0.2) is 5.11 Å². The standard InChI is InChI=1S/C20H27N3OS/c1-23(2)19(17-7-5-4-6-8-17)15-22-20(25)21-14-13-16-9-11-18(24-3)12-10-16/h4-12,19H,13-15H2,1-3H3,(H2,21,22,25)/t19-/m0/s1. The third-order valence-electron chi connectivity index (χ3n) is 4.12. The Morgan fingerprint density at radius 3 is 2.32 bits per heavy atom. The first-order chi connectivity index (χ1) is 12.1. The van der Waals surface area contributed by atoms with Gasteiger partial charge in [-0.1, -0.05) is 42.5 Å². The monoisotopic (exact) mass is 357 g/mol. The summed E-state index contributed by atoms with van der Waals surface area (Å²) in [4.78, 5) is 2.20. The Bertz CT molecular complexity index is 644. The van der Waals surface area contributed by atoms with Crippen molar-refractivity contribution in [1.29, 1.82) is 0 Å². The van der Waals surface area contributed by atoms with E-state index in [9.17, 15) is 0 Å². The number of nitrogens with one attached hydrogen (secondary N) is 2. The van der Waals surface area contributed by atoms with E-state index in [4.69, 9.17) is 17.0 Å². The summed E-state index contributed by atoms with van der Waals surface area (Å²) in [7, 11) is 5.84. The second-order valence-corrected chi connectivity index (χ2v) is 6.53. The van der Waals surface area contributed by atoms with Crippen molar-refractivity contribution in [1.82, 2.24) is 15.5 Å². The normalized spacial score (nSPS) is 11.8. The molecule has 1 atom stereocenters. The molecular formula is C20H27N3OS. The number of hydrogen-bond donors (Lipinski definition) is 2. The molecular weight excluding hydrogens is 330 g/mol. The SMILES string of the molecule is COc1ccc(CCNC(=S)NC[C@@H](c2ccccc2)N(C)C)cc1. The lowest BCUT2D eigenvalue weighted by Crippen LogP contribution is -2.41. The zero-order valence-electron chi connectivity index (χ0n) is 15.2. The molecule has 134 valence electrons. The molecule has 0 aromatic heterocycles. The summed E-state index contributed by atoms with van der Waals surface area (Å²) in [6.07, 6.45) is 0.918. The summed E-state index contributed by atoms with van der Waals surface area (Å²) in [5, 5.41) is 7.29. The van der Waals surface area contributed by atoms with Crippen LogP contribution in [0.25, 0.3) is 0 Å². The van der Waals surface area contributed by atoms with Gasteiger partial charge >= 0.3 is 0 Å². The second kappa shape index (κ2) is 10.0. The topological polar surface area (TPSA) is 36.5 Å². The van der Waals surface area contributed by atoms with E-state index in [1.54, 1.807) is 7.11 Å². The molecule has 0 fully saturated rings. The van der Waals surface area contributed by atoms with Crippen LogP contribution in [-0.4, -0.2) is 44.3 Å². The molecule has 0 amide bonds. The van der Waals surface area contributed by atoms with Crippen LogP contribution in [0.3, 0.4) is 0 Å². The molecule has 4 nitrogen and oxygen atoms in total. The minimum atomic E-state index is 0.280. The lowest BCUT2D eigenvalue weighted by Gasteiger charge is -2.25. The number of thiocarbonyl (C=S) groups is 1. The van der Waals surface area contributed by atoms with Crippen LogP contribution in [0.15, 0.2) is 54.6 Å². The van der Waals surface area contributed by atoms with Crippen LogP contribution in [0.2, 0.25) is 0 Å². The van der Waals surface area contributed by atoms with Gasteiger partial charge in [0.05, 0.1) is 13.2 Å². The summed E-state index contributed by atoms with van der Waals surface area (Å²) in [5.41, 5.74) is 2.53. The van der Waals surface area contributed by atoms with Crippen LogP contribution in [0, 0.1) is 0 Å². The minimum Gasteiger partial charge on any atom is -0.497 e. The van der Waals surface area contributed by atoms with Crippen molar-refractivity contribution >= 4 is 17.3 Å². The van der Waals surface area contributed by atoms with Gasteiger partial charge in [-0.2, -0.15) is 0 Å². The van der Waals surface area contributed by atoms with Gasteiger partial charge in [0.1, 0.15) is 5.75 Å². The molecule has 0 aliphatic heterocycles. The minimum absolute atomic E-state index is 0.280. The fraction of sp³-hybridized carbons (Fsp3) is 0.350. The van der Waals surface area contributed by atoms with E-state index < -0.39 is 0 Å². The van der Waals surface area contributed by atoms with E-state index >= 15 is 0 Å². The van der Waals surface area contributed by atoms with Crippen molar-refractivity contribution < 1.29 is 4.74 Å². The third-order valence-corrected chi connectivity index (χ3v) is 4.41. The first-order valence-electron chi connectivity index (χ1n) is 8.46. The van der Waals surface area contributed by atoms with E-state index in [0.717, 1.165) is 25.3 Å². The average molecular weight is 358 g/mol. The van der Waals surface area contributed by atoms with Gasteiger partial charge in [-0.25, -0.2) is 0 Å². The average Bonchev–Trinajstić information content (AvgIpc) is 2.63. The van der Waals surface area contributed by atoms with Gasteiger partial charge in [-0.05, 0) is 56.0 Å². The molecule has 0 saturated carbocycles. The predicted octanol–water partition coefficient (Wildman–Crippen LogP) is 3.00. The Kier molecular flexibility index (Phi) is 7.70. The summed E-state index contributed by atoms with van der Waals surface area (Å²) < 4.78 is 5.17. The van der Waals surface area contributed by atoms with Crippen LogP contribution in [0.1, 0.15) is 17.2 Å². The van der Waals surface area contributed by atoms with Gasteiger partial charge in [-0.3, -0.25) is 0 Å². The summed E-state index contributed by atoms with van der Waals surface area (Å²) in [6.45, 7) is 1.57. The van der Waals surface area contributed by atoms with E-state index in [2.05, 4.69) is 66.0 Å². The van der Waals surface area contributed by atoms with Crippen molar-refractivity contribution in [2.45, 2.75) is 12.5 Å². The highest BCUT2D eigenvalue weighted by Gasteiger charge is 2.13. The highest BCUT2D eigenvalue weighted by Crippen LogP contribution is 2.16. The zero-order chi connectivity index (χ0) is 18.1. The summed E-state index contributed by atoms with van der Waals surface area (Å²) >= 11 is 5.40. The summed E-state index contributed by atoms with van der Waals surface area (Å²) in [6, 6.07) is 18.9. The number of methoxy groups -OCH3 is 1. The molecule has 2 N–H and O–H groups in total. The Labute approximate surface area is 156 Å². The molecule has 0 aliphatic carbocycles. The fourth-order valence-electron chi connectivity index (χ4n) is 2.64. The Morgan fingerprint density at radius 1 is 1.04 bits per heavy atom. The van der Waals surface area contributed by atoms with Crippen LogP contribution >= 0.6 is 12.2 Å². The van der Waals surface area contributed by atoms with Crippen molar-refractivity contribution in [2.75, 3.05) is 34.3 Å². The van der Waals surface area contributed by atoms with Crippen LogP contribution in [0.5, 0.6) is 5.75 Å². The van der Waals surface area contributed by atoms with Crippen molar-refractivity contribution in [2.24, 2.45) is 0 Å². The maximum Gasteiger partial charge on any atom is 0.166 e. The van der Waals surface area contributed by atoms with Crippen LogP contribution in [-0.2, 0) is 6.42 Å². The summed E-state index contributed by atoms with van der Waals surface area (Å²) in [5.74, 6) is 0.879. The third kappa shape index (κ3) is 6.36. The maximum atomic E-state index is 5.40. The molecule has 25 heavy (non-hydrogen) atoms. The Hall–Kier alpha value is -2.11. The number of hydrogen-bond acceptors (Lipinski definition) is 3. The quantitative estimate of drug-likeness (QED) is 0.711. The second-order valence-electron chi connectivity index (χ2n) is 6.12. The molecule has 5 heteroatoms. The van der Waals surface area contributed by atoms with Crippen LogP contribution < -0.4 is 15.4 Å². The lowest BCUT2D eigenvalue weighted by molar-refractivity contribution is 0.298. The molecule has 0 bridgehead atoms. The van der Waals surface area contributed by atoms with Gasteiger partial charge in [0, 0.05) is 13.1 Å². The molecule has 0 aliphatic rings. The van der Waals surface area contributed by atoms with E-state index in [0.29, 0.717) is 5.11 Å². The number of nitrogens with zero attached hydrogens (tertiary/aromatic N) is 1. The number of rotatable bonds is 8. The molecule has 2 rings (SSSR count). The molecule has 0 radical (unpaired) electrons. The first-order valence-corrected chi connectivity index (χ1v) is 8.87. The van der Waals surface area contributed by atoms with Gasteiger partial charge in [0.2, 0.25) is 0 Å². The Balaban J connectivity index is 1.75. The maximum absolute atomic E-state index is 5.40. The lowest BCUT2D eigenvalue weighted by atomic mass is 10.1. The molecule has 0 spiro atoms. The van der Waals surface area contributed by atoms with Gasteiger partial charge in [-0.15, -0.1) is 0 Å². The molecule has 0 heterocycles. The van der Waals surface area contributed by atoms with E-state index in [1.807, 2.05) is 18.2 Å². The zero-order valence-corrected chi connectivity index (χ0v) is 16.0. The Morgan fingerprint density at radius 2 is 1.72 bits per heavy atom. The molecule has 2 aromatic carbocycles. The predicted molar refractivity (Wildman–Crippen MR) is 108 cm³/mol. The smallest absolute Gasteiger partial charge is 0.166 e. The van der Waals surface area contributed by atoms with Crippen molar-refractivity contribution in [3.05, 3.63) is 65.7 Å². The number of ether oxygens (including phenoxy) is 1. The van der Waals surface area contributed by atoms with E-state index in [1.165, 1.54) is 11.1 Å². The first kappa shape index (κ1) is 19.2. The van der Waals surface area contributed by atoms with Gasteiger partial charge < -0.3 is 20.3 Å². The number of benzene rings is 2. The highest BCUT2D eigenvalue weighted by atomic mass is 32.1. The highest BCUT2D eigenvalue weighted by molar-refractivity contribution is 7.80. The van der Waals surface area contributed by atoms with Gasteiger partial charge in [0.25, 0.3) is 0 Å².